The van der Waals surface area contributed by atoms with E-state index in [0.717, 1.165) is 61.5 Å². The predicted molar refractivity (Wildman–Crippen MR) is 115 cm³/mol. The Morgan fingerprint density at radius 1 is 1.23 bits per heavy atom. The van der Waals surface area contributed by atoms with Gasteiger partial charge in [0.15, 0.2) is 11.8 Å². The SMILES string of the molecule is CCNC(=NCCCOc1ccc(OC)cc1)NC1CCc2nc(COC)nn2C1. The van der Waals surface area contributed by atoms with E-state index in [1.165, 1.54) is 0 Å². The zero-order valence-corrected chi connectivity index (χ0v) is 18.1. The molecule has 1 atom stereocenters. The normalized spacial score (nSPS) is 16.1. The molecule has 0 saturated carbocycles. The number of fused-ring (bicyclic) bond motifs is 1. The van der Waals surface area contributed by atoms with Gasteiger partial charge < -0.3 is 24.8 Å². The van der Waals surface area contributed by atoms with E-state index in [1.54, 1.807) is 14.2 Å². The van der Waals surface area contributed by atoms with Gasteiger partial charge >= 0.3 is 0 Å². The molecule has 1 aromatic heterocycles. The second kappa shape index (κ2) is 11.4. The zero-order valence-electron chi connectivity index (χ0n) is 18.1. The molecule has 0 saturated heterocycles. The van der Waals surface area contributed by atoms with Crippen LogP contribution in [-0.2, 0) is 24.3 Å². The summed E-state index contributed by atoms with van der Waals surface area (Å²) < 4.78 is 18.0. The monoisotopic (exact) mass is 416 g/mol. The maximum Gasteiger partial charge on any atom is 0.191 e. The molecule has 9 heteroatoms. The molecule has 0 radical (unpaired) electrons. The van der Waals surface area contributed by atoms with Crippen LogP contribution in [0, 0.1) is 0 Å². The Labute approximate surface area is 177 Å². The van der Waals surface area contributed by atoms with Gasteiger partial charge in [-0.1, -0.05) is 0 Å². The molecule has 9 nitrogen and oxygen atoms in total. The second-order valence-electron chi connectivity index (χ2n) is 7.08. The molecule has 0 fully saturated rings. The molecule has 30 heavy (non-hydrogen) atoms. The van der Waals surface area contributed by atoms with E-state index >= 15 is 0 Å². The van der Waals surface area contributed by atoms with Crippen molar-refractivity contribution >= 4 is 5.96 Å². The lowest BCUT2D eigenvalue weighted by Crippen LogP contribution is -2.47. The Morgan fingerprint density at radius 2 is 2.03 bits per heavy atom. The first-order chi connectivity index (χ1) is 14.7. The summed E-state index contributed by atoms with van der Waals surface area (Å²) in [5, 5.41) is 11.4. The maximum absolute atomic E-state index is 5.76. The topological polar surface area (TPSA) is 94.8 Å². The van der Waals surface area contributed by atoms with Crippen LogP contribution in [0.2, 0.25) is 0 Å². The van der Waals surface area contributed by atoms with Crippen molar-refractivity contribution in [1.82, 2.24) is 25.4 Å². The van der Waals surface area contributed by atoms with Crippen molar-refractivity contribution in [2.75, 3.05) is 33.9 Å². The third-order valence-electron chi connectivity index (χ3n) is 4.76. The van der Waals surface area contributed by atoms with Crippen LogP contribution in [0.1, 0.15) is 31.4 Å². The number of benzene rings is 1. The Balaban J connectivity index is 1.44. The van der Waals surface area contributed by atoms with Gasteiger partial charge in [0.1, 0.15) is 23.9 Å². The van der Waals surface area contributed by atoms with Gasteiger partial charge in [0, 0.05) is 39.1 Å². The first kappa shape index (κ1) is 21.9. The van der Waals surface area contributed by atoms with E-state index in [9.17, 15) is 0 Å². The molecule has 1 aliphatic rings. The van der Waals surface area contributed by atoms with E-state index in [-0.39, 0.29) is 6.04 Å². The number of methoxy groups -OCH3 is 2. The quantitative estimate of drug-likeness (QED) is 0.346. The van der Waals surface area contributed by atoms with E-state index in [0.29, 0.717) is 19.8 Å². The number of hydrogen-bond donors (Lipinski definition) is 2. The van der Waals surface area contributed by atoms with Crippen molar-refractivity contribution in [2.45, 2.75) is 45.4 Å². The van der Waals surface area contributed by atoms with Crippen LogP contribution >= 0.6 is 0 Å². The number of rotatable bonds is 10. The molecule has 2 aromatic rings. The molecule has 0 bridgehead atoms. The number of aromatic nitrogens is 3. The highest BCUT2D eigenvalue weighted by Crippen LogP contribution is 2.17. The van der Waals surface area contributed by atoms with Gasteiger partial charge in [-0.3, -0.25) is 4.99 Å². The summed E-state index contributed by atoms with van der Waals surface area (Å²) in [4.78, 5) is 9.21. The Hall–Kier alpha value is -2.81. The molecule has 2 N–H and O–H groups in total. The number of guanidine groups is 1. The third kappa shape index (κ3) is 6.35. The number of aliphatic imine (C=N–C) groups is 1. The summed E-state index contributed by atoms with van der Waals surface area (Å²) in [5.74, 6) is 4.25. The van der Waals surface area contributed by atoms with Crippen molar-refractivity contribution in [3.63, 3.8) is 0 Å². The van der Waals surface area contributed by atoms with Crippen molar-refractivity contribution in [2.24, 2.45) is 4.99 Å². The number of nitrogens with one attached hydrogen (secondary N) is 2. The summed E-state index contributed by atoms with van der Waals surface area (Å²) in [6.07, 6.45) is 2.72. The van der Waals surface area contributed by atoms with Crippen LogP contribution in [0.5, 0.6) is 11.5 Å². The molecule has 2 heterocycles. The highest BCUT2D eigenvalue weighted by molar-refractivity contribution is 5.80. The van der Waals surface area contributed by atoms with Crippen LogP contribution in [-0.4, -0.2) is 60.7 Å². The summed E-state index contributed by atoms with van der Waals surface area (Å²) in [6, 6.07) is 7.87. The highest BCUT2D eigenvalue weighted by Gasteiger charge is 2.22. The number of hydrogen-bond acceptors (Lipinski definition) is 6. The van der Waals surface area contributed by atoms with Crippen LogP contribution in [0.15, 0.2) is 29.3 Å². The molecule has 1 aliphatic heterocycles. The minimum absolute atomic E-state index is 0.267. The van der Waals surface area contributed by atoms with Crippen molar-refractivity contribution in [3.8, 4) is 11.5 Å². The molecule has 1 aromatic carbocycles. The molecule has 0 amide bonds. The van der Waals surface area contributed by atoms with Gasteiger partial charge in [0.25, 0.3) is 0 Å². The minimum atomic E-state index is 0.267. The lowest BCUT2D eigenvalue weighted by Gasteiger charge is -2.25. The molecule has 164 valence electrons. The standard InChI is InChI=1S/C21H32N6O3/c1-4-22-21(23-12-5-13-30-18-9-7-17(29-3)8-10-18)24-16-6-11-20-25-19(15-28-2)26-27(20)14-16/h7-10,16H,4-6,11-15H2,1-3H3,(H2,22,23,24). The first-order valence-corrected chi connectivity index (χ1v) is 10.4. The van der Waals surface area contributed by atoms with Gasteiger partial charge in [-0.05, 0) is 37.6 Å². The molecular weight excluding hydrogens is 384 g/mol. The van der Waals surface area contributed by atoms with E-state index in [1.807, 2.05) is 28.9 Å². The summed E-state index contributed by atoms with van der Waals surface area (Å²) in [5.41, 5.74) is 0. The second-order valence-corrected chi connectivity index (χ2v) is 7.08. The minimum Gasteiger partial charge on any atom is -0.497 e. The summed E-state index contributed by atoms with van der Waals surface area (Å²) in [6.45, 7) is 5.40. The van der Waals surface area contributed by atoms with Gasteiger partial charge in [0.2, 0.25) is 0 Å². The van der Waals surface area contributed by atoms with Crippen molar-refractivity contribution in [3.05, 3.63) is 35.9 Å². The van der Waals surface area contributed by atoms with Gasteiger partial charge in [0.05, 0.1) is 20.3 Å². The van der Waals surface area contributed by atoms with Crippen molar-refractivity contribution in [1.29, 1.82) is 0 Å². The Bertz CT molecular complexity index is 806. The summed E-state index contributed by atoms with van der Waals surface area (Å²) >= 11 is 0. The molecular formula is C21H32N6O3. The first-order valence-electron chi connectivity index (χ1n) is 10.4. The van der Waals surface area contributed by atoms with Crippen LogP contribution in [0.4, 0.5) is 0 Å². The lowest BCUT2D eigenvalue weighted by atomic mass is 10.1. The van der Waals surface area contributed by atoms with Crippen LogP contribution < -0.4 is 20.1 Å². The molecule has 1 unspecified atom stereocenters. The van der Waals surface area contributed by atoms with Crippen LogP contribution in [0.3, 0.4) is 0 Å². The van der Waals surface area contributed by atoms with Gasteiger partial charge in [-0.2, -0.15) is 5.10 Å². The predicted octanol–water partition coefficient (Wildman–Crippen LogP) is 1.77. The van der Waals surface area contributed by atoms with Crippen LogP contribution in [0.25, 0.3) is 0 Å². The van der Waals surface area contributed by atoms with Gasteiger partial charge in [-0.25, -0.2) is 9.67 Å². The Morgan fingerprint density at radius 3 is 2.77 bits per heavy atom. The third-order valence-corrected chi connectivity index (χ3v) is 4.76. The fraction of sp³-hybridized carbons (Fsp3) is 0.571. The molecule has 3 rings (SSSR count). The fourth-order valence-corrected chi connectivity index (χ4v) is 3.30. The average molecular weight is 417 g/mol. The molecule has 0 spiro atoms. The summed E-state index contributed by atoms with van der Waals surface area (Å²) in [7, 11) is 3.31. The number of aryl methyl sites for hydroxylation is 1. The zero-order chi connectivity index (χ0) is 21.2. The van der Waals surface area contributed by atoms with Gasteiger partial charge in [-0.15, -0.1) is 0 Å². The van der Waals surface area contributed by atoms with Crippen molar-refractivity contribution < 1.29 is 14.2 Å². The highest BCUT2D eigenvalue weighted by atomic mass is 16.5. The number of nitrogens with zero attached hydrogens (tertiary/aromatic N) is 4. The van der Waals surface area contributed by atoms with E-state index in [2.05, 4.69) is 32.6 Å². The maximum atomic E-state index is 5.76. The van der Waals surface area contributed by atoms with E-state index in [4.69, 9.17) is 14.2 Å². The smallest absolute Gasteiger partial charge is 0.191 e. The fourth-order valence-electron chi connectivity index (χ4n) is 3.30. The number of ether oxygens (including phenoxy) is 3. The molecule has 0 aliphatic carbocycles. The Kier molecular flexibility index (Phi) is 8.31. The lowest BCUT2D eigenvalue weighted by molar-refractivity contribution is 0.177. The average Bonchev–Trinajstić information content (AvgIpc) is 3.16. The largest absolute Gasteiger partial charge is 0.497 e. The van der Waals surface area contributed by atoms with E-state index < -0.39 is 0 Å².